The molecule has 3 saturated heterocycles. The van der Waals surface area contributed by atoms with Crippen LogP contribution in [0.5, 0.6) is 0 Å². The van der Waals surface area contributed by atoms with Crippen LogP contribution in [0.2, 0.25) is 0 Å². The first kappa shape index (κ1) is 53.7. The monoisotopic (exact) mass is 938 g/mol. The molecule has 366 valence electrons. The molecule has 0 aromatic heterocycles. The molecular weight excluding hydrogens is 869 g/mol. The van der Waals surface area contributed by atoms with E-state index in [9.17, 15) is 28.8 Å². The molecule has 3 fully saturated rings. The molecule has 3 atom stereocenters. The van der Waals surface area contributed by atoms with E-state index < -0.39 is 0 Å². The average molecular weight is 939 g/mol. The van der Waals surface area contributed by atoms with Crippen LogP contribution in [0.3, 0.4) is 0 Å². The first-order chi connectivity index (χ1) is 31.8. The molecule has 21 heteroatoms. The third-order valence-electron chi connectivity index (χ3n) is 10.4. The van der Waals surface area contributed by atoms with Crippen molar-refractivity contribution in [3.63, 3.8) is 0 Å². The van der Waals surface area contributed by atoms with Crippen molar-refractivity contribution in [3.8, 4) is 0 Å². The Hall–Kier alpha value is -3.93. The molecule has 3 heterocycles. The van der Waals surface area contributed by atoms with Gasteiger partial charge in [0.1, 0.15) is 0 Å². The van der Waals surface area contributed by atoms with Gasteiger partial charge in [0.15, 0.2) is 0 Å². The Labute approximate surface area is 386 Å². The van der Waals surface area contributed by atoms with Crippen LogP contribution in [0.1, 0.15) is 56.9 Å². The van der Waals surface area contributed by atoms with E-state index in [1.165, 1.54) is 4.90 Å². The maximum atomic E-state index is 12.2. The average Bonchev–Trinajstić information content (AvgIpc) is 3.85. The van der Waals surface area contributed by atoms with Gasteiger partial charge in [0.05, 0.1) is 124 Å². The lowest BCUT2D eigenvalue weighted by Gasteiger charge is -2.28. The van der Waals surface area contributed by atoms with Gasteiger partial charge >= 0.3 is 6.03 Å². The van der Waals surface area contributed by atoms with E-state index in [1.807, 2.05) is 23.9 Å². The number of urea groups is 1. The van der Waals surface area contributed by atoms with Crippen LogP contribution in [0.25, 0.3) is 0 Å². The number of nitrogens with zero attached hydrogens (tertiary/aromatic N) is 1. The van der Waals surface area contributed by atoms with Crippen LogP contribution in [-0.2, 0) is 68.3 Å². The number of thioether (sulfide) groups is 1. The highest BCUT2D eigenvalue weighted by Crippen LogP contribution is 2.33. The van der Waals surface area contributed by atoms with Gasteiger partial charge in [-0.2, -0.15) is 11.8 Å². The van der Waals surface area contributed by atoms with Crippen molar-refractivity contribution in [1.29, 1.82) is 0 Å². The molecule has 7 amide bonds. The number of carbonyl (C=O) groups excluding carboxylic acids is 6. The molecule has 0 aliphatic carbocycles. The number of benzene rings is 1. The molecule has 0 radical (unpaired) electrons. The predicted octanol–water partition coefficient (Wildman–Crippen LogP) is 1.19. The van der Waals surface area contributed by atoms with E-state index in [-0.39, 0.29) is 80.1 Å². The SMILES string of the molecule is O=C(CCCC[C@@H]1SC[C@@H]2NC(=O)N[C@@H]21)NCCOCCOCCOCCOCCOCCOCCNC(=O)CCOCCOCCC(=O)Nc1ccc(CCC(=O)N2CCC2=O)cc1. The van der Waals surface area contributed by atoms with E-state index in [1.54, 1.807) is 12.1 Å². The maximum absolute atomic E-state index is 12.2. The molecule has 4 rings (SSSR count). The minimum absolute atomic E-state index is 0.0293. The summed E-state index contributed by atoms with van der Waals surface area (Å²) >= 11 is 1.89. The number of ether oxygens (including phenoxy) is 8. The molecule has 1 aromatic carbocycles. The van der Waals surface area contributed by atoms with Gasteiger partial charge in [-0.05, 0) is 37.0 Å². The number of hydrogen-bond donors (Lipinski definition) is 5. The first-order valence-electron chi connectivity index (χ1n) is 22.8. The highest BCUT2D eigenvalue weighted by molar-refractivity contribution is 8.00. The minimum Gasteiger partial charge on any atom is -0.379 e. The molecule has 65 heavy (non-hydrogen) atoms. The fourth-order valence-electron chi connectivity index (χ4n) is 6.77. The van der Waals surface area contributed by atoms with Crippen molar-refractivity contribution in [1.82, 2.24) is 26.2 Å². The van der Waals surface area contributed by atoms with Gasteiger partial charge in [-0.25, -0.2) is 4.79 Å². The number of carbonyl (C=O) groups is 6. The normalized spacial score (nSPS) is 17.6. The second kappa shape index (κ2) is 33.5. The minimum atomic E-state index is -0.186. The number of β-lactam (4-membered cyclic amide) rings is 1. The van der Waals surface area contributed by atoms with Gasteiger partial charge in [0, 0.05) is 62.0 Å². The highest BCUT2D eigenvalue weighted by Gasteiger charge is 2.42. The number of hydrogen-bond acceptors (Lipinski definition) is 15. The molecule has 5 N–H and O–H groups in total. The number of anilines is 1. The van der Waals surface area contributed by atoms with Gasteiger partial charge < -0.3 is 64.5 Å². The van der Waals surface area contributed by atoms with Gasteiger partial charge in [-0.3, -0.25) is 28.9 Å². The molecule has 0 unspecified atom stereocenters. The Morgan fingerprint density at radius 1 is 0.600 bits per heavy atom. The molecule has 0 bridgehead atoms. The lowest BCUT2D eigenvalue weighted by Crippen LogP contribution is -2.47. The number of aryl methyl sites for hydroxylation is 1. The van der Waals surface area contributed by atoms with Gasteiger partial charge in [0.2, 0.25) is 29.5 Å². The van der Waals surface area contributed by atoms with Gasteiger partial charge in [-0.15, -0.1) is 0 Å². The lowest BCUT2D eigenvalue weighted by atomic mass is 10.0. The number of unbranched alkanes of at least 4 members (excludes halogenated alkanes) is 1. The second-order valence-electron chi connectivity index (χ2n) is 15.4. The quantitative estimate of drug-likeness (QED) is 0.0354. The largest absolute Gasteiger partial charge is 0.379 e. The Morgan fingerprint density at radius 2 is 1.11 bits per heavy atom. The Bertz CT molecular complexity index is 1560. The van der Waals surface area contributed by atoms with Crippen molar-refractivity contribution >= 4 is 53.0 Å². The van der Waals surface area contributed by atoms with E-state index >= 15 is 0 Å². The van der Waals surface area contributed by atoms with Crippen LogP contribution in [0.4, 0.5) is 10.5 Å². The predicted molar refractivity (Wildman–Crippen MR) is 240 cm³/mol. The van der Waals surface area contributed by atoms with Crippen LogP contribution < -0.4 is 26.6 Å². The Morgan fingerprint density at radius 3 is 1.63 bits per heavy atom. The zero-order valence-corrected chi connectivity index (χ0v) is 38.4. The topological polar surface area (TPSA) is 240 Å². The highest BCUT2D eigenvalue weighted by atomic mass is 32.2. The van der Waals surface area contributed by atoms with Crippen molar-refractivity contribution in [3.05, 3.63) is 29.8 Å². The van der Waals surface area contributed by atoms with E-state index in [2.05, 4.69) is 26.6 Å². The molecule has 1 aromatic rings. The van der Waals surface area contributed by atoms with Crippen LogP contribution >= 0.6 is 11.8 Å². The molecule has 20 nitrogen and oxygen atoms in total. The smallest absolute Gasteiger partial charge is 0.315 e. The number of fused-ring (bicyclic) bond motifs is 1. The summed E-state index contributed by atoms with van der Waals surface area (Å²) in [5, 5.41) is 14.8. The van der Waals surface area contributed by atoms with Crippen LogP contribution in [-0.4, -0.2) is 189 Å². The zero-order chi connectivity index (χ0) is 46.2. The first-order valence-corrected chi connectivity index (χ1v) is 23.9. The molecular formula is C44H70N6O14S. The number of amides is 7. The molecule has 3 aliphatic heterocycles. The summed E-state index contributed by atoms with van der Waals surface area (Å²) in [6, 6.07) is 7.63. The van der Waals surface area contributed by atoms with Crippen molar-refractivity contribution < 1.29 is 66.7 Å². The summed E-state index contributed by atoms with van der Waals surface area (Å²) in [6.45, 7) is 7.61. The number of imide groups is 1. The van der Waals surface area contributed by atoms with Crippen molar-refractivity contribution in [2.45, 2.75) is 75.1 Å². The number of likely N-dealkylation sites (tertiary alicyclic amines) is 1. The standard InChI is InChI=1S/C44H70N6O14S/c51-38(4-2-1-3-37-43-36(33-65-37)48-44(56)49-43)45-14-19-59-23-25-61-27-29-63-31-32-64-30-28-62-26-24-60-20-15-46-39(52)12-17-57-21-22-58-18-13-40(53)47-35-8-5-34(6-9-35)7-10-41(54)50-16-11-42(50)55/h5-6,8-9,36-37,43H,1-4,7,10-33H2,(H,45,51)(H,46,52)(H,47,53)(H2,48,49,56)/t36-,37-,43-/m0/s1. The number of rotatable bonds is 39. The molecule has 0 spiro atoms. The van der Waals surface area contributed by atoms with E-state index in [4.69, 9.17) is 37.9 Å². The summed E-state index contributed by atoms with van der Waals surface area (Å²) < 4.78 is 43.9. The Kier molecular flexibility index (Phi) is 27.7. The fraction of sp³-hybridized carbons (Fsp3) is 0.727. The van der Waals surface area contributed by atoms with E-state index in [0.717, 1.165) is 30.6 Å². The molecule has 3 aliphatic rings. The van der Waals surface area contributed by atoms with Crippen LogP contribution in [0, 0.1) is 0 Å². The second-order valence-corrected chi connectivity index (χ2v) is 16.7. The molecule has 0 saturated carbocycles. The maximum Gasteiger partial charge on any atom is 0.315 e. The summed E-state index contributed by atoms with van der Waals surface area (Å²) in [5.74, 6) is 0.382. The van der Waals surface area contributed by atoms with Crippen LogP contribution in [0.15, 0.2) is 24.3 Å². The summed E-state index contributed by atoms with van der Waals surface area (Å²) in [4.78, 5) is 72.4. The Balaban J connectivity index is 0.779. The fourth-order valence-corrected chi connectivity index (χ4v) is 8.32. The summed E-state index contributed by atoms with van der Waals surface area (Å²) in [6.07, 6.45) is 4.92. The van der Waals surface area contributed by atoms with E-state index in [0.29, 0.717) is 142 Å². The van der Waals surface area contributed by atoms with Crippen molar-refractivity contribution in [2.24, 2.45) is 0 Å². The summed E-state index contributed by atoms with van der Waals surface area (Å²) in [5.41, 5.74) is 1.60. The number of nitrogens with one attached hydrogen (secondary N) is 5. The lowest BCUT2D eigenvalue weighted by molar-refractivity contribution is -0.152. The third-order valence-corrected chi connectivity index (χ3v) is 11.9. The van der Waals surface area contributed by atoms with Gasteiger partial charge in [0.25, 0.3) is 0 Å². The van der Waals surface area contributed by atoms with Gasteiger partial charge in [-0.1, -0.05) is 18.6 Å². The third kappa shape index (κ3) is 23.9. The summed E-state index contributed by atoms with van der Waals surface area (Å²) in [7, 11) is 0. The zero-order valence-electron chi connectivity index (χ0n) is 37.6. The van der Waals surface area contributed by atoms with Crippen molar-refractivity contribution in [2.75, 3.05) is 136 Å².